The Morgan fingerprint density at radius 1 is 1.40 bits per heavy atom. The summed E-state index contributed by atoms with van der Waals surface area (Å²) >= 11 is 0. The molecule has 1 aromatic carbocycles. The molecule has 3 N–H and O–H groups in total. The summed E-state index contributed by atoms with van der Waals surface area (Å²) in [6, 6.07) is 5.23. The molecule has 5 nitrogen and oxygen atoms in total. The molecule has 1 rings (SSSR count). The van der Waals surface area contributed by atoms with Crippen molar-refractivity contribution >= 4 is 15.7 Å². The molecule has 0 heterocycles. The molecule has 0 amide bonds. The van der Waals surface area contributed by atoms with E-state index < -0.39 is 10.0 Å². The highest BCUT2D eigenvalue weighted by Gasteiger charge is 2.10. The molecule has 20 heavy (non-hydrogen) atoms. The molecule has 0 aliphatic rings. The normalized spacial score (nSPS) is 10.8. The molecule has 0 aliphatic carbocycles. The van der Waals surface area contributed by atoms with Crippen LogP contribution in [0.2, 0.25) is 0 Å². The number of hydrogen-bond donors (Lipinski definition) is 2. The standard InChI is InChI=1S/C14H20N2O3S/c1-3-19-9-10-20(17,18)16-14-7-6-12(2)13(11-14)5-4-8-15/h6-7,11,16H,3,8-10,15H2,1-2H3. The third-order valence-electron chi connectivity index (χ3n) is 2.54. The molecule has 0 saturated heterocycles. The van der Waals surface area contributed by atoms with E-state index >= 15 is 0 Å². The van der Waals surface area contributed by atoms with Gasteiger partial charge in [-0.15, -0.1) is 0 Å². The summed E-state index contributed by atoms with van der Waals surface area (Å²) in [4.78, 5) is 0. The number of sulfonamides is 1. The zero-order valence-electron chi connectivity index (χ0n) is 11.8. The summed E-state index contributed by atoms with van der Waals surface area (Å²) in [5.41, 5.74) is 7.57. The fourth-order valence-electron chi connectivity index (χ4n) is 1.51. The van der Waals surface area contributed by atoms with E-state index in [9.17, 15) is 8.42 Å². The van der Waals surface area contributed by atoms with Crippen LogP contribution in [0, 0.1) is 18.8 Å². The summed E-state index contributed by atoms with van der Waals surface area (Å²) in [6.45, 7) is 4.68. The molecule has 110 valence electrons. The lowest BCUT2D eigenvalue weighted by atomic mass is 10.1. The fourth-order valence-corrected chi connectivity index (χ4v) is 2.44. The van der Waals surface area contributed by atoms with E-state index in [4.69, 9.17) is 10.5 Å². The number of anilines is 1. The van der Waals surface area contributed by atoms with E-state index in [0.29, 0.717) is 12.3 Å². The first kappa shape index (κ1) is 16.5. The second kappa shape index (κ2) is 7.90. The Balaban J connectivity index is 2.82. The van der Waals surface area contributed by atoms with E-state index in [1.165, 1.54) is 0 Å². The molecule has 0 radical (unpaired) electrons. The minimum absolute atomic E-state index is 0.0709. The average molecular weight is 296 g/mol. The van der Waals surface area contributed by atoms with Gasteiger partial charge in [-0.25, -0.2) is 8.42 Å². The highest BCUT2D eigenvalue weighted by Crippen LogP contribution is 2.15. The highest BCUT2D eigenvalue weighted by atomic mass is 32.2. The van der Waals surface area contributed by atoms with Gasteiger partial charge in [0.2, 0.25) is 10.0 Å². The van der Waals surface area contributed by atoms with Crippen LogP contribution in [-0.2, 0) is 14.8 Å². The van der Waals surface area contributed by atoms with Crippen LogP contribution < -0.4 is 10.5 Å². The average Bonchev–Trinajstić information content (AvgIpc) is 2.39. The smallest absolute Gasteiger partial charge is 0.235 e. The number of hydrogen-bond acceptors (Lipinski definition) is 4. The molecule has 6 heteroatoms. The first-order valence-electron chi connectivity index (χ1n) is 6.36. The maximum absolute atomic E-state index is 11.8. The van der Waals surface area contributed by atoms with Crippen molar-refractivity contribution in [3.63, 3.8) is 0 Å². The van der Waals surface area contributed by atoms with Crippen molar-refractivity contribution in [2.24, 2.45) is 5.73 Å². The number of rotatable bonds is 6. The molecule has 0 atom stereocenters. The number of nitrogens with one attached hydrogen (secondary N) is 1. The van der Waals surface area contributed by atoms with Gasteiger partial charge in [-0.2, -0.15) is 0 Å². The van der Waals surface area contributed by atoms with E-state index in [2.05, 4.69) is 16.6 Å². The molecule has 0 spiro atoms. The minimum Gasteiger partial charge on any atom is -0.381 e. The first-order chi connectivity index (χ1) is 9.48. The van der Waals surface area contributed by atoms with E-state index in [1.807, 2.05) is 19.9 Å². The summed E-state index contributed by atoms with van der Waals surface area (Å²) < 4.78 is 31.2. The van der Waals surface area contributed by atoms with Gasteiger partial charge in [0.1, 0.15) is 0 Å². The number of nitrogens with two attached hydrogens (primary N) is 1. The van der Waals surface area contributed by atoms with Crippen LogP contribution in [-0.4, -0.2) is 33.9 Å². The van der Waals surface area contributed by atoms with Crippen LogP contribution in [0.3, 0.4) is 0 Å². The van der Waals surface area contributed by atoms with E-state index in [1.54, 1.807) is 12.1 Å². The van der Waals surface area contributed by atoms with Crippen molar-refractivity contribution in [1.29, 1.82) is 0 Å². The van der Waals surface area contributed by atoms with Gasteiger partial charge in [0.25, 0.3) is 0 Å². The van der Waals surface area contributed by atoms with Gasteiger partial charge in [0.05, 0.1) is 18.9 Å². The summed E-state index contributed by atoms with van der Waals surface area (Å²) in [7, 11) is -3.40. The Bertz CT molecular complexity index is 601. The number of aryl methyl sites for hydroxylation is 1. The maximum atomic E-state index is 11.8. The van der Waals surface area contributed by atoms with Crippen LogP contribution in [0.5, 0.6) is 0 Å². The largest absolute Gasteiger partial charge is 0.381 e. The Labute approximate surface area is 120 Å². The summed E-state index contributed by atoms with van der Waals surface area (Å²) in [6.07, 6.45) is 0. The van der Waals surface area contributed by atoms with Crippen LogP contribution in [0.4, 0.5) is 5.69 Å². The van der Waals surface area contributed by atoms with Crippen molar-refractivity contribution in [3.8, 4) is 11.8 Å². The Morgan fingerprint density at radius 2 is 2.15 bits per heavy atom. The lowest BCUT2D eigenvalue weighted by Gasteiger charge is -2.09. The van der Waals surface area contributed by atoms with E-state index in [-0.39, 0.29) is 18.9 Å². The quantitative estimate of drug-likeness (QED) is 0.608. The predicted octanol–water partition coefficient (Wildman–Crippen LogP) is 1.08. The topological polar surface area (TPSA) is 81.4 Å². The number of benzene rings is 1. The number of ether oxygens (including phenoxy) is 1. The Kier molecular flexibility index (Phi) is 6.52. The monoisotopic (exact) mass is 296 g/mol. The van der Waals surface area contributed by atoms with Gasteiger partial charge < -0.3 is 10.5 Å². The van der Waals surface area contributed by atoms with E-state index in [0.717, 1.165) is 11.1 Å². The van der Waals surface area contributed by atoms with Crippen LogP contribution in [0.1, 0.15) is 18.1 Å². The molecule has 0 fully saturated rings. The van der Waals surface area contributed by atoms with Gasteiger partial charge >= 0.3 is 0 Å². The Hall–Kier alpha value is -1.55. The highest BCUT2D eigenvalue weighted by molar-refractivity contribution is 7.92. The SMILES string of the molecule is CCOCCS(=O)(=O)Nc1ccc(C)c(C#CCN)c1. The Morgan fingerprint density at radius 3 is 2.80 bits per heavy atom. The molecular weight excluding hydrogens is 276 g/mol. The van der Waals surface area contributed by atoms with Gasteiger partial charge in [0.15, 0.2) is 0 Å². The molecule has 0 saturated carbocycles. The van der Waals surface area contributed by atoms with Crippen LogP contribution in [0.25, 0.3) is 0 Å². The van der Waals surface area contributed by atoms with Crippen LogP contribution in [0.15, 0.2) is 18.2 Å². The zero-order valence-corrected chi connectivity index (χ0v) is 12.6. The predicted molar refractivity (Wildman–Crippen MR) is 81.0 cm³/mol. The minimum atomic E-state index is -3.40. The van der Waals surface area contributed by atoms with Crippen molar-refractivity contribution in [2.75, 3.05) is 30.2 Å². The van der Waals surface area contributed by atoms with Gasteiger partial charge in [0, 0.05) is 17.9 Å². The van der Waals surface area contributed by atoms with Crippen molar-refractivity contribution in [2.45, 2.75) is 13.8 Å². The lowest BCUT2D eigenvalue weighted by Crippen LogP contribution is -2.20. The lowest BCUT2D eigenvalue weighted by molar-refractivity contribution is 0.163. The first-order valence-corrected chi connectivity index (χ1v) is 8.01. The van der Waals surface area contributed by atoms with Gasteiger partial charge in [-0.05, 0) is 31.5 Å². The molecular formula is C14H20N2O3S. The molecule has 0 unspecified atom stereocenters. The summed E-state index contributed by atoms with van der Waals surface area (Å²) in [5, 5.41) is 0. The third-order valence-corrected chi connectivity index (χ3v) is 3.79. The fraction of sp³-hybridized carbons (Fsp3) is 0.429. The van der Waals surface area contributed by atoms with Crippen molar-refractivity contribution in [3.05, 3.63) is 29.3 Å². The van der Waals surface area contributed by atoms with Gasteiger partial charge in [-0.1, -0.05) is 17.9 Å². The van der Waals surface area contributed by atoms with Crippen LogP contribution >= 0.6 is 0 Å². The molecule has 1 aromatic rings. The van der Waals surface area contributed by atoms with Crippen molar-refractivity contribution in [1.82, 2.24) is 0 Å². The maximum Gasteiger partial charge on any atom is 0.235 e. The van der Waals surface area contributed by atoms with Gasteiger partial charge in [-0.3, -0.25) is 4.72 Å². The molecule has 0 aromatic heterocycles. The second-order valence-corrected chi connectivity index (χ2v) is 6.00. The molecule has 0 aliphatic heterocycles. The second-order valence-electron chi connectivity index (χ2n) is 4.15. The van der Waals surface area contributed by atoms with Crippen molar-refractivity contribution < 1.29 is 13.2 Å². The zero-order chi connectivity index (χ0) is 15.0. The molecule has 0 bridgehead atoms. The summed E-state index contributed by atoms with van der Waals surface area (Å²) in [5.74, 6) is 5.60. The third kappa shape index (κ3) is 5.61.